The van der Waals surface area contributed by atoms with Gasteiger partial charge < -0.3 is 9.30 Å². The second kappa shape index (κ2) is 6.02. The van der Waals surface area contributed by atoms with Gasteiger partial charge in [-0.1, -0.05) is 0 Å². The normalized spacial score (nSPS) is 10.8. The van der Waals surface area contributed by atoms with E-state index in [1.165, 1.54) is 24.3 Å². The first-order valence-electron chi connectivity index (χ1n) is 7.18. The average Bonchev–Trinajstić information content (AvgIpc) is 2.90. The Labute approximate surface area is 127 Å². The van der Waals surface area contributed by atoms with Crippen LogP contribution < -0.4 is 4.74 Å². The third-order valence-corrected chi connectivity index (χ3v) is 3.53. The number of aromatic nitrogens is 1. The number of Topliss-reactive ketones (excluding diaryl/α,β-unsaturated/α-hetero) is 1. The molecule has 1 heterocycles. The number of benzene rings is 2. The van der Waals surface area contributed by atoms with E-state index in [-0.39, 0.29) is 18.1 Å². The molecular formula is C18H16FNO2. The van der Waals surface area contributed by atoms with E-state index in [4.69, 9.17) is 4.74 Å². The van der Waals surface area contributed by atoms with Gasteiger partial charge in [-0.2, -0.15) is 0 Å². The van der Waals surface area contributed by atoms with Crippen LogP contribution in [0.25, 0.3) is 10.9 Å². The second-order valence-corrected chi connectivity index (χ2v) is 5.03. The summed E-state index contributed by atoms with van der Waals surface area (Å²) in [5, 5.41) is 1.03. The second-order valence-electron chi connectivity index (χ2n) is 5.03. The summed E-state index contributed by atoms with van der Waals surface area (Å²) in [5.74, 6) is 0.426. The SMILES string of the molecule is CCOc1ccc2c(ccn2CC(=O)c2ccc(F)cc2)c1. The van der Waals surface area contributed by atoms with Crippen molar-refractivity contribution >= 4 is 16.7 Å². The highest BCUT2D eigenvalue weighted by atomic mass is 19.1. The van der Waals surface area contributed by atoms with Crippen molar-refractivity contribution in [2.45, 2.75) is 13.5 Å². The van der Waals surface area contributed by atoms with Crippen molar-refractivity contribution < 1.29 is 13.9 Å². The van der Waals surface area contributed by atoms with E-state index >= 15 is 0 Å². The van der Waals surface area contributed by atoms with Crippen molar-refractivity contribution in [2.24, 2.45) is 0 Å². The van der Waals surface area contributed by atoms with Crippen molar-refractivity contribution in [2.75, 3.05) is 6.61 Å². The molecule has 4 heteroatoms. The number of nitrogens with zero attached hydrogens (tertiary/aromatic N) is 1. The molecule has 0 bridgehead atoms. The van der Waals surface area contributed by atoms with E-state index in [0.717, 1.165) is 16.7 Å². The molecule has 0 aliphatic heterocycles. The van der Waals surface area contributed by atoms with Crippen LogP contribution in [0.2, 0.25) is 0 Å². The Morgan fingerprint density at radius 1 is 1.14 bits per heavy atom. The van der Waals surface area contributed by atoms with Gasteiger partial charge in [-0.3, -0.25) is 4.79 Å². The molecule has 0 spiro atoms. The molecule has 0 radical (unpaired) electrons. The van der Waals surface area contributed by atoms with Crippen LogP contribution in [0.5, 0.6) is 5.75 Å². The van der Waals surface area contributed by atoms with Gasteiger partial charge >= 0.3 is 0 Å². The number of halogens is 1. The summed E-state index contributed by atoms with van der Waals surface area (Å²) in [6.07, 6.45) is 1.88. The Morgan fingerprint density at radius 3 is 2.64 bits per heavy atom. The Hall–Kier alpha value is -2.62. The molecule has 0 aliphatic carbocycles. The number of rotatable bonds is 5. The monoisotopic (exact) mass is 297 g/mol. The minimum absolute atomic E-state index is 0.0496. The number of hydrogen-bond acceptors (Lipinski definition) is 2. The Bertz CT molecular complexity index is 806. The van der Waals surface area contributed by atoms with Gasteiger partial charge in [0.05, 0.1) is 13.2 Å². The first kappa shape index (κ1) is 14.3. The molecule has 1 aromatic heterocycles. The predicted octanol–water partition coefficient (Wildman–Crippen LogP) is 4.06. The lowest BCUT2D eigenvalue weighted by Crippen LogP contribution is -2.09. The van der Waals surface area contributed by atoms with Crippen LogP contribution in [-0.2, 0) is 6.54 Å². The number of carbonyl (C=O) groups excluding carboxylic acids is 1. The smallest absolute Gasteiger partial charge is 0.182 e. The van der Waals surface area contributed by atoms with Gasteiger partial charge in [-0.05, 0) is 55.5 Å². The molecule has 3 nitrogen and oxygen atoms in total. The number of carbonyl (C=O) groups is 1. The zero-order valence-corrected chi connectivity index (χ0v) is 12.3. The highest BCUT2D eigenvalue weighted by molar-refractivity contribution is 5.96. The Kier molecular flexibility index (Phi) is 3.92. The first-order chi connectivity index (χ1) is 10.7. The third kappa shape index (κ3) is 2.86. The molecule has 22 heavy (non-hydrogen) atoms. The van der Waals surface area contributed by atoms with Crippen LogP contribution in [0, 0.1) is 5.82 Å². The molecule has 0 amide bonds. The van der Waals surface area contributed by atoms with Gasteiger partial charge in [-0.15, -0.1) is 0 Å². The minimum atomic E-state index is -0.341. The maximum Gasteiger partial charge on any atom is 0.182 e. The fourth-order valence-corrected chi connectivity index (χ4v) is 2.45. The van der Waals surface area contributed by atoms with Crippen molar-refractivity contribution in [1.29, 1.82) is 0 Å². The summed E-state index contributed by atoms with van der Waals surface area (Å²) < 4.78 is 20.3. The molecule has 3 aromatic rings. The topological polar surface area (TPSA) is 31.2 Å². The zero-order valence-electron chi connectivity index (χ0n) is 12.3. The quantitative estimate of drug-likeness (QED) is 0.665. The summed E-state index contributed by atoms with van der Waals surface area (Å²) in [5.41, 5.74) is 1.48. The summed E-state index contributed by atoms with van der Waals surface area (Å²) in [6.45, 7) is 2.79. The van der Waals surface area contributed by atoms with Crippen molar-refractivity contribution in [3.8, 4) is 5.75 Å². The molecule has 0 saturated carbocycles. The molecular weight excluding hydrogens is 281 g/mol. The van der Waals surface area contributed by atoms with Crippen LogP contribution >= 0.6 is 0 Å². The maximum atomic E-state index is 12.9. The van der Waals surface area contributed by atoms with Gasteiger partial charge in [0.2, 0.25) is 0 Å². The largest absolute Gasteiger partial charge is 0.494 e. The van der Waals surface area contributed by atoms with Gasteiger partial charge in [0.15, 0.2) is 5.78 Å². The predicted molar refractivity (Wildman–Crippen MR) is 83.8 cm³/mol. The van der Waals surface area contributed by atoms with Crippen molar-refractivity contribution in [3.05, 3.63) is 66.1 Å². The maximum absolute atomic E-state index is 12.9. The Balaban J connectivity index is 1.84. The summed E-state index contributed by atoms with van der Waals surface area (Å²) in [4.78, 5) is 12.3. The highest BCUT2D eigenvalue weighted by Gasteiger charge is 2.09. The number of hydrogen-bond donors (Lipinski definition) is 0. The minimum Gasteiger partial charge on any atom is -0.494 e. The number of ether oxygens (including phenoxy) is 1. The fraction of sp³-hybridized carbons (Fsp3) is 0.167. The van der Waals surface area contributed by atoms with Gasteiger partial charge in [0.25, 0.3) is 0 Å². The fourth-order valence-electron chi connectivity index (χ4n) is 2.45. The van der Waals surface area contributed by atoms with E-state index in [1.54, 1.807) is 0 Å². The molecule has 0 unspecified atom stereocenters. The van der Waals surface area contributed by atoms with Crippen LogP contribution in [0.4, 0.5) is 4.39 Å². The number of fused-ring (bicyclic) bond motifs is 1. The Morgan fingerprint density at radius 2 is 1.91 bits per heavy atom. The first-order valence-corrected chi connectivity index (χ1v) is 7.18. The van der Waals surface area contributed by atoms with Crippen LogP contribution in [0.3, 0.4) is 0 Å². The zero-order chi connectivity index (χ0) is 15.5. The lowest BCUT2D eigenvalue weighted by atomic mass is 10.1. The highest BCUT2D eigenvalue weighted by Crippen LogP contribution is 2.22. The lowest BCUT2D eigenvalue weighted by Gasteiger charge is -2.06. The molecule has 2 aromatic carbocycles. The van der Waals surface area contributed by atoms with Gasteiger partial charge in [0.1, 0.15) is 11.6 Å². The summed E-state index contributed by atoms with van der Waals surface area (Å²) in [7, 11) is 0. The van der Waals surface area contributed by atoms with Crippen LogP contribution in [0.15, 0.2) is 54.7 Å². The molecule has 0 fully saturated rings. The summed E-state index contributed by atoms with van der Waals surface area (Å²) >= 11 is 0. The molecule has 0 aliphatic rings. The molecule has 0 N–H and O–H groups in total. The lowest BCUT2D eigenvalue weighted by molar-refractivity contribution is 0.0973. The van der Waals surface area contributed by atoms with Crippen LogP contribution in [0.1, 0.15) is 17.3 Å². The molecule has 112 valence electrons. The summed E-state index contributed by atoms with van der Waals surface area (Å²) in [6, 6.07) is 13.4. The van der Waals surface area contributed by atoms with E-state index in [0.29, 0.717) is 12.2 Å². The third-order valence-electron chi connectivity index (χ3n) is 3.53. The molecule has 3 rings (SSSR count). The standard InChI is InChI=1S/C18H16FNO2/c1-2-22-16-7-8-17-14(11-16)9-10-20(17)12-18(21)13-3-5-15(19)6-4-13/h3-11H,2,12H2,1H3. The van der Waals surface area contributed by atoms with Crippen molar-refractivity contribution in [1.82, 2.24) is 4.57 Å². The van der Waals surface area contributed by atoms with E-state index in [1.807, 2.05) is 42.0 Å². The van der Waals surface area contributed by atoms with E-state index < -0.39 is 0 Å². The number of ketones is 1. The van der Waals surface area contributed by atoms with E-state index in [2.05, 4.69) is 0 Å². The molecule has 0 atom stereocenters. The molecule has 0 saturated heterocycles. The van der Waals surface area contributed by atoms with Gasteiger partial charge in [0, 0.05) is 22.7 Å². The van der Waals surface area contributed by atoms with Crippen LogP contribution in [-0.4, -0.2) is 17.0 Å². The average molecular weight is 297 g/mol. The van der Waals surface area contributed by atoms with Gasteiger partial charge in [-0.25, -0.2) is 4.39 Å². The van der Waals surface area contributed by atoms with Crippen molar-refractivity contribution in [3.63, 3.8) is 0 Å². The van der Waals surface area contributed by atoms with E-state index in [9.17, 15) is 9.18 Å².